The quantitative estimate of drug-likeness (QED) is 0.0606. The third kappa shape index (κ3) is 19.8. The number of rotatable bonds is 31. The van der Waals surface area contributed by atoms with Crippen LogP contribution in [0.15, 0.2) is 0 Å². The lowest BCUT2D eigenvalue weighted by atomic mass is 9.93. The van der Waals surface area contributed by atoms with Crippen molar-refractivity contribution in [2.75, 3.05) is 42.7 Å². The van der Waals surface area contributed by atoms with Crippen molar-refractivity contribution in [2.24, 2.45) is 11.8 Å². The van der Waals surface area contributed by atoms with E-state index in [-0.39, 0.29) is 0 Å². The van der Waals surface area contributed by atoms with Crippen LogP contribution in [0, 0.1) is 11.8 Å². The average molecular weight is 575 g/mol. The van der Waals surface area contributed by atoms with E-state index < -0.39 is 11.9 Å². The molecule has 242 valence electrons. The minimum atomic E-state index is -0.857. The first-order chi connectivity index (χ1) is 19.4. The highest BCUT2D eigenvalue weighted by Crippen LogP contribution is 2.24. The van der Waals surface area contributed by atoms with Crippen LogP contribution in [0.3, 0.4) is 0 Å². The molecule has 0 heterocycles. The Hall–Kier alpha value is -0.240. The van der Waals surface area contributed by atoms with Gasteiger partial charge in [0, 0.05) is 55.5 Å². The second kappa shape index (κ2) is 26.4. The van der Waals surface area contributed by atoms with Crippen molar-refractivity contribution in [3.8, 4) is 0 Å². The molecule has 0 bridgehead atoms. The zero-order valence-corrected chi connectivity index (χ0v) is 28.2. The first-order valence-corrected chi connectivity index (χ1v) is 16.7. The van der Waals surface area contributed by atoms with Crippen molar-refractivity contribution in [1.82, 2.24) is 0 Å². The molecule has 0 amide bonds. The molecule has 0 N–H and O–H groups in total. The second-order valence-corrected chi connectivity index (χ2v) is 12.1. The Bertz CT molecular complexity index is 458. The van der Waals surface area contributed by atoms with Gasteiger partial charge in [0.15, 0.2) is 0 Å². The molecule has 0 fully saturated rings. The summed E-state index contributed by atoms with van der Waals surface area (Å²) in [6.07, 6.45) is 28.2. The van der Waals surface area contributed by atoms with Crippen LogP contribution in [0.25, 0.3) is 0 Å². The maximum absolute atomic E-state index is 5.36. The highest BCUT2D eigenvalue weighted by Gasteiger charge is 2.29. The highest BCUT2D eigenvalue weighted by atomic mass is 16.9. The molecule has 0 aliphatic heterocycles. The van der Waals surface area contributed by atoms with Gasteiger partial charge in [-0.2, -0.15) is 0 Å². The Labute approximate surface area is 249 Å². The molecule has 0 spiro atoms. The van der Waals surface area contributed by atoms with Crippen molar-refractivity contribution in [3.63, 3.8) is 0 Å². The Kier molecular flexibility index (Phi) is 26.2. The summed E-state index contributed by atoms with van der Waals surface area (Å²) in [5, 5.41) is 0. The predicted molar refractivity (Wildman–Crippen MR) is 167 cm³/mol. The van der Waals surface area contributed by atoms with Crippen LogP contribution in [0.2, 0.25) is 0 Å². The van der Waals surface area contributed by atoms with Crippen LogP contribution >= 0.6 is 0 Å². The molecular weight excluding hydrogens is 504 g/mol. The van der Waals surface area contributed by atoms with Gasteiger partial charge < -0.3 is 28.4 Å². The van der Waals surface area contributed by atoms with Gasteiger partial charge in [0.25, 0.3) is 11.9 Å². The van der Waals surface area contributed by atoms with E-state index in [2.05, 4.69) is 13.8 Å². The molecule has 40 heavy (non-hydrogen) atoms. The summed E-state index contributed by atoms with van der Waals surface area (Å²) >= 11 is 0. The van der Waals surface area contributed by atoms with E-state index in [9.17, 15) is 0 Å². The molecule has 6 heteroatoms. The van der Waals surface area contributed by atoms with Crippen molar-refractivity contribution in [1.29, 1.82) is 0 Å². The molecule has 0 saturated heterocycles. The zero-order chi connectivity index (χ0) is 30.0. The minimum Gasteiger partial charge on any atom is -0.331 e. The lowest BCUT2D eigenvalue weighted by molar-refractivity contribution is -0.355. The van der Waals surface area contributed by atoms with Gasteiger partial charge in [-0.15, -0.1) is 0 Å². The van der Waals surface area contributed by atoms with E-state index in [1.54, 1.807) is 42.7 Å². The van der Waals surface area contributed by atoms with Gasteiger partial charge in [-0.3, -0.25) is 0 Å². The first-order valence-electron chi connectivity index (χ1n) is 16.7. The molecule has 0 aliphatic carbocycles. The fourth-order valence-electron chi connectivity index (χ4n) is 5.82. The Balaban J connectivity index is 3.51. The third-order valence-corrected chi connectivity index (χ3v) is 8.87. The molecule has 0 aromatic heterocycles. The van der Waals surface area contributed by atoms with E-state index >= 15 is 0 Å². The van der Waals surface area contributed by atoms with E-state index in [1.807, 2.05) is 0 Å². The van der Waals surface area contributed by atoms with Gasteiger partial charge in [-0.1, -0.05) is 129 Å². The number of methoxy groups -OCH3 is 6. The van der Waals surface area contributed by atoms with E-state index in [4.69, 9.17) is 28.4 Å². The number of hydrogen-bond acceptors (Lipinski definition) is 6. The number of hydrogen-bond donors (Lipinski definition) is 0. The van der Waals surface area contributed by atoms with Gasteiger partial charge in [0.05, 0.1) is 0 Å². The fraction of sp³-hybridized carbons (Fsp3) is 1.00. The first kappa shape index (κ1) is 39.8. The van der Waals surface area contributed by atoms with E-state index in [0.717, 1.165) is 37.5 Å². The smallest absolute Gasteiger partial charge is 0.282 e. The molecule has 6 nitrogen and oxygen atoms in total. The van der Waals surface area contributed by atoms with Crippen molar-refractivity contribution >= 4 is 0 Å². The van der Waals surface area contributed by atoms with Crippen LogP contribution in [-0.4, -0.2) is 54.6 Å². The Morgan fingerprint density at radius 2 is 0.525 bits per heavy atom. The van der Waals surface area contributed by atoms with Crippen LogP contribution in [0.5, 0.6) is 0 Å². The van der Waals surface area contributed by atoms with Crippen LogP contribution in [0.1, 0.15) is 155 Å². The summed E-state index contributed by atoms with van der Waals surface area (Å²) in [5.74, 6) is 0.0557. The van der Waals surface area contributed by atoms with Gasteiger partial charge in [0.1, 0.15) is 0 Å². The number of ether oxygens (including phenoxy) is 6. The van der Waals surface area contributed by atoms with Gasteiger partial charge in [0.2, 0.25) is 0 Å². The van der Waals surface area contributed by atoms with E-state index in [1.165, 1.54) is 116 Å². The number of unbranched alkanes of at least 4 members (excludes halogenated alkanes) is 13. The lowest BCUT2D eigenvalue weighted by Gasteiger charge is -2.28. The van der Waals surface area contributed by atoms with Gasteiger partial charge in [-0.25, -0.2) is 0 Å². The Morgan fingerprint density at radius 1 is 0.325 bits per heavy atom. The summed E-state index contributed by atoms with van der Waals surface area (Å²) in [5.41, 5.74) is 0. The molecule has 0 aromatic carbocycles. The van der Waals surface area contributed by atoms with Crippen LogP contribution in [0.4, 0.5) is 0 Å². The second-order valence-electron chi connectivity index (χ2n) is 12.1. The minimum absolute atomic E-state index is 0.788. The third-order valence-electron chi connectivity index (χ3n) is 8.87. The lowest BCUT2D eigenvalue weighted by Crippen LogP contribution is -2.35. The predicted octanol–water partition coefficient (Wildman–Crippen LogP) is 10.0. The molecule has 0 aromatic rings. The van der Waals surface area contributed by atoms with Gasteiger partial charge >= 0.3 is 0 Å². The summed E-state index contributed by atoms with van der Waals surface area (Å²) in [6, 6.07) is 0. The monoisotopic (exact) mass is 575 g/mol. The van der Waals surface area contributed by atoms with Crippen molar-refractivity contribution in [2.45, 2.75) is 167 Å². The summed E-state index contributed by atoms with van der Waals surface area (Å²) in [7, 11) is 9.85. The molecule has 0 rings (SSSR count). The SMILES string of the molecule is COC(CCCCCCCCCC(C)CCCCC(C)CCCCCCCCCC(OC)(OC)OC)(OC)OC. The highest BCUT2D eigenvalue weighted by molar-refractivity contribution is 4.60. The van der Waals surface area contributed by atoms with Gasteiger partial charge in [-0.05, 0) is 24.7 Å². The summed E-state index contributed by atoms with van der Waals surface area (Å²) in [6.45, 7) is 4.92. The average Bonchev–Trinajstić information content (AvgIpc) is 2.98. The normalized spacial score (nSPS) is 14.1. The zero-order valence-electron chi connectivity index (χ0n) is 28.2. The topological polar surface area (TPSA) is 55.4 Å². The van der Waals surface area contributed by atoms with Crippen molar-refractivity contribution in [3.05, 3.63) is 0 Å². The molecule has 2 unspecified atom stereocenters. The molecule has 0 aliphatic rings. The van der Waals surface area contributed by atoms with E-state index in [0.29, 0.717) is 0 Å². The molecular formula is C34H70O6. The maximum Gasteiger partial charge on any atom is 0.282 e. The molecule has 2 atom stereocenters. The van der Waals surface area contributed by atoms with Crippen LogP contribution in [-0.2, 0) is 28.4 Å². The summed E-state index contributed by atoms with van der Waals surface area (Å²) in [4.78, 5) is 0. The Morgan fingerprint density at radius 3 is 0.775 bits per heavy atom. The summed E-state index contributed by atoms with van der Waals surface area (Å²) < 4.78 is 32.2. The van der Waals surface area contributed by atoms with Crippen molar-refractivity contribution < 1.29 is 28.4 Å². The maximum atomic E-state index is 5.36. The molecule has 0 saturated carbocycles. The fourth-order valence-corrected chi connectivity index (χ4v) is 5.82. The largest absolute Gasteiger partial charge is 0.331 e. The molecule has 0 radical (unpaired) electrons. The van der Waals surface area contributed by atoms with Crippen LogP contribution < -0.4 is 0 Å². The standard InChI is InChI=1S/C34H70O6/c1-31(25-19-15-11-9-13-17-23-29-33(35-3,36-4)37-5)27-21-22-28-32(2)26-20-16-12-10-14-18-24-30-34(38-6,39-7)40-8/h31-32H,9-30H2,1-8H3.